The van der Waals surface area contributed by atoms with Crippen molar-refractivity contribution in [1.29, 1.82) is 0 Å². The molecule has 0 fully saturated rings. The van der Waals surface area contributed by atoms with Crippen LogP contribution >= 0.6 is 9.58 Å². The van der Waals surface area contributed by atoms with Crippen molar-refractivity contribution in [3.63, 3.8) is 0 Å². The van der Waals surface area contributed by atoms with Crippen molar-refractivity contribution in [3.05, 3.63) is 48.6 Å². The van der Waals surface area contributed by atoms with Gasteiger partial charge in [-0.25, -0.2) is 0 Å². The van der Waals surface area contributed by atoms with Crippen LogP contribution in [0.1, 0.15) is 25.7 Å². The zero-order chi connectivity index (χ0) is 10.5. The molecule has 2 heteroatoms. The molecule has 0 spiro atoms. The summed E-state index contributed by atoms with van der Waals surface area (Å²) in [4.78, 5) is 0. The molecule has 0 N–H and O–H groups in total. The van der Waals surface area contributed by atoms with E-state index in [2.05, 4.69) is 58.2 Å². The van der Waals surface area contributed by atoms with E-state index in [-0.39, 0.29) is 0 Å². The molecule has 0 aliphatic heterocycles. The fraction of sp³-hybridized carbons (Fsp3) is 0.333. The zero-order valence-corrected chi connectivity index (χ0v) is 11.3. The van der Waals surface area contributed by atoms with Gasteiger partial charge in [-0.1, -0.05) is 48.6 Å². The molecule has 0 aromatic carbocycles. The first-order valence-electron chi connectivity index (χ1n) is 4.76. The second-order valence-electron chi connectivity index (χ2n) is 2.87. The monoisotopic (exact) mass is 388 g/mol. The second-order valence-corrected chi connectivity index (χ2v) is 2.87. The van der Waals surface area contributed by atoms with Gasteiger partial charge in [-0.15, -0.1) is 0 Å². The number of hydrogen-bond donors (Lipinski definition) is 0. The molecule has 0 nitrogen and oxygen atoms in total. The van der Waals surface area contributed by atoms with Crippen molar-refractivity contribution in [1.82, 2.24) is 0 Å². The van der Waals surface area contributed by atoms with Crippen LogP contribution in [0, 0.1) is 0 Å². The van der Waals surface area contributed by atoms with Gasteiger partial charge in [0, 0.05) is 0 Å². The molecule has 80 valence electrons. The Balaban J connectivity index is 0.000000206. The summed E-state index contributed by atoms with van der Waals surface area (Å²) in [7, 11) is 4.64. The summed E-state index contributed by atoms with van der Waals surface area (Å²) >= 11 is 1.47. The van der Waals surface area contributed by atoms with E-state index < -0.39 is 0 Å². The van der Waals surface area contributed by atoms with Gasteiger partial charge in [-0.3, -0.25) is 0 Å². The van der Waals surface area contributed by atoms with Crippen LogP contribution in [0.4, 0.5) is 0 Å². The number of halogens is 1. The minimum atomic E-state index is 1.23. The van der Waals surface area contributed by atoms with Gasteiger partial charge in [0.05, 0.1) is 0 Å². The van der Waals surface area contributed by atoms with Crippen molar-refractivity contribution in [3.8, 4) is 0 Å². The van der Waals surface area contributed by atoms with E-state index in [4.69, 9.17) is 0 Å². The Morgan fingerprint density at radius 3 is 0.857 bits per heavy atom. The molecule has 0 bridgehead atoms. The third-order valence-electron chi connectivity index (χ3n) is 1.77. The average Bonchev–Trinajstić information content (AvgIpc) is 2.37. The Bertz CT molecular complexity index is 166. The molecule has 0 heterocycles. The van der Waals surface area contributed by atoms with Crippen LogP contribution in [0.25, 0.3) is 0 Å². The Labute approximate surface area is 102 Å². The molecule has 0 amide bonds. The van der Waals surface area contributed by atoms with E-state index in [0.717, 1.165) is 0 Å². The maximum atomic E-state index is 4.64. The molecule has 14 heavy (non-hydrogen) atoms. The average molecular weight is 388 g/mol. The molecule has 2 aliphatic carbocycles. The molecule has 0 unspecified atom stereocenters. The molecular weight excluding hydrogens is 372 g/mol. The summed E-state index contributed by atoms with van der Waals surface area (Å²) in [5, 5.41) is 0. The Morgan fingerprint density at radius 2 is 0.786 bits per heavy atom. The van der Waals surface area contributed by atoms with Gasteiger partial charge in [0.1, 0.15) is 0 Å². The second kappa shape index (κ2) is 12.9. The first kappa shape index (κ1) is 13.9. The van der Waals surface area contributed by atoms with Crippen LogP contribution in [0.3, 0.4) is 0 Å². The summed E-state index contributed by atoms with van der Waals surface area (Å²) in [6.45, 7) is 0. The molecule has 0 atom stereocenters. The third-order valence-corrected chi connectivity index (χ3v) is 1.77. The van der Waals surface area contributed by atoms with Gasteiger partial charge in [-0.2, -0.15) is 0 Å². The van der Waals surface area contributed by atoms with E-state index in [1.54, 1.807) is 0 Å². The van der Waals surface area contributed by atoms with Crippen LogP contribution < -0.4 is 0 Å². The molecule has 2 aliphatic rings. The minimum absolute atomic E-state index is 1.23. The number of hydrogen-bond acceptors (Lipinski definition) is 0. The predicted octanol–water partition coefficient (Wildman–Crippen LogP) is 4.47. The van der Waals surface area contributed by atoms with E-state index in [9.17, 15) is 0 Å². The van der Waals surface area contributed by atoms with E-state index in [0.29, 0.717) is 0 Å². The summed E-state index contributed by atoms with van der Waals surface area (Å²) in [5.74, 6) is 0. The summed E-state index contributed by atoms with van der Waals surface area (Å²) in [6.07, 6.45) is 22.0. The van der Waals surface area contributed by atoms with Gasteiger partial charge < -0.3 is 0 Å². The van der Waals surface area contributed by atoms with Gasteiger partial charge >= 0.3 is 27.5 Å². The van der Waals surface area contributed by atoms with Gasteiger partial charge in [0.2, 0.25) is 0 Å². The zero-order valence-electron chi connectivity index (χ0n) is 8.16. The summed E-state index contributed by atoms with van der Waals surface area (Å²) < 4.78 is 0. The standard InChI is InChI=1S/2C6H8.ClH.Ir/c2*1-2-4-6-5-3-1;;/h2*1-4H,5-6H2;1H;/q;;;+1/p-1. The Morgan fingerprint density at radius 1 is 0.571 bits per heavy atom. The van der Waals surface area contributed by atoms with Crippen LogP contribution in [-0.2, 0) is 17.9 Å². The molecule has 2 rings (SSSR count). The molecule has 0 aromatic rings. The van der Waals surface area contributed by atoms with Gasteiger partial charge in [-0.05, 0) is 25.7 Å². The van der Waals surface area contributed by atoms with Crippen molar-refractivity contribution in [2.75, 3.05) is 0 Å². The van der Waals surface area contributed by atoms with Crippen molar-refractivity contribution >= 4 is 9.58 Å². The molecule has 0 radical (unpaired) electrons. The fourth-order valence-electron chi connectivity index (χ4n) is 1.08. The molecule has 0 saturated carbocycles. The molecule has 0 aromatic heterocycles. The van der Waals surface area contributed by atoms with Crippen LogP contribution in [0.5, 0.6) is 0 Å². The number of rotatable bonds is 0. The predicted molar refractivity (Wildman–Crippen MR) is 60.9 cm³/mol. The van der Waals surface area contributed by atoms with E-state index >= 15 is 0 Å². The molecule has 0 saturated heterocycles. The van der Waals surface area contributed by atoms with Crippen LogP contribution in [0.15, 0.2) is 48.6 Å². The quantitative estimate of drug-likeness (QED) is 0.575. The van der Waals surface area contributed by atoms with Gasteiger partial charge in [0.15, 0.2) is 0 Å². The SMILES string of the molecule is C1=CCCC=C1.C1=CCCC=C1.[Cl][Ir]. The van der Waals surface area contributed by atoms with Crippen molar-refractivity contribution in [2.24, 2.45) is 0 Å². The third kappa shape index (κ3) is 9.98. The van der Waals surface area contributed by atoms with Crippen molar-refractivity contribution < 1.29 is 17.9 Å². The maximum absolute atomic E-state index is 4.64. The van der Waals surface area contributed by atoms with E-state index in [1.165, 1.54) is 43.6 Å². The normalized spacial score (nSPS) is 16.5. The Hall–Kier alpha value is -0.101. The summed E-state index contributed by atoms with van der Waals surface area (Å²) in [6, 6.07) is 0. The first-order chi connectivity index (χ1) is 7.00. The molecular formula is C12H16ClIr. The number of allylic oxidation sites excluding steroid dienone is 8. The van der Waals surface area contributed by atoms with Crippen LogP contribution in [-0.4, -0.2) is 0 Å². The first-order valence-corrected chi connectivity index (χ1v) is 7.73. The van der Waals surface area contributed by atoms with Crippen molar-refractivity contribution in [2.45, 2.75) is 25.7 Å². The van der Waals surface area contributed by atoms with Gasteiger partial charge in [0.25, 0.3) is 0 Å². The van der Waals surface area contributed by atoms with E-state index in [1.807, 2.05) is 0 Å². The summed E-state index contributed by atoms with van der Waals surface area (Å²) in [5.41, 5.74) is 0. The Kier molecular flexibility index (Phi) is 12.8. The fourth-order valence-corrected chi connectivity index (χ4v) is 1.08. The topological polar surface area (TPSA) is 0 Å². The van der Waals surface area contributed by atoms with Crippen LogP contribution in [0.2, 0.25) is 0 Å².